The molecule has 0 aliphatic rings. The van der Waals surface area contributed by atoms with Gasteiger partial charge in [0.1, 0.15) is 0 Å². The molecule has 0 heterocycles. The summed E-state index contributed by atoms with van der Waals surface area (Å²) in [6.07, 6.45) is 83.1. The van der Waals surface area contributed by atoms with Gasteiger partial charge in [-0.2, -0.15) is 0 Å². The predicted molar refractivity (Wildman–Crippen MR) is 333 cm³/mol. The van der Waals surface area contributed by atoms with Crippen LogP contribution in [0.25, 0.3) is 0 Å². The maximum atomic E-state index is 12.5. The molecule has 0 aromatic rings. The molecule has 2 unspecified atom stereocenters. The lowest BCUT2D eigenvalue weighted by molar-refractivity contribution is -0.143. The third-order valence-electron chi connectivity index (χ3n) is 15.9. The second-order valence-corrected chi connectivity index (χ2v) is 23.5. The molecular formula is C70H133NO5. The number of aliphatic hydroxyl groups excluding tert-OH is 2. The van der Waals surface area contributed by atoms with E-state index in [4.69, 9.17) is 4.74 Å². The van der Waals surface area contributed by atoms with E-state index < -0.39 is 12.1 Å². The SMILES string of the molecule is CCCCCC/C=C\C/C=C\CCCCCCCCCC(=O)OCCCCCCCC/C=C\CCCCCCCCCC(=O)NC(CO)C(O)CCCCCCCCCCCCCCCCCCCCCCCCCC. The van der Waals surface area contributed by atoms with Crippen molar-refractivity contribution < 1.29 is 24.5 Å². The second kappa shape index (κ2) is 65.6. The van der Waals surface area contributed by atoms with Gasteiger partial charge in [0, 0.05) is 12.8 Å². The van der Waals surface area contributed by atoms with Gasteiger partial charge in [-0.15, -0.1) is 0 Å². The summed E-state index contributed by atoms with van der Waals surface area (Å²) >= 11 is 0. The zero-order valence-electron chi connectivity index (χ0n) is 51.3. The fourth-order valence-electron chi connectivity index (χ4n) is 10.7. The van der Waals surface area contributed by atoms with E-state index in [9.17, 15) is 19.8 Å². The molecule has 3 N–H and O–H groups in total. The first kappa shape index (κ1) is 74.1. The van der Waals surface area contributed by atoms with Crippen LogP contribution < -0.4 is 5.32 Å². The van der Waals surface area contributed by atoms with Crippen LogP contribution in [0, 0.1) is 0 Å². The number of hydrogen-bond acceptors (Lipinski definition) is 5. The molecule has 76 heavy (non-hydrogen) atoms. The minimum absolute atomic E-state index is 0.00830. The Labute approximate surface area is 474 Å². The normalized spacial score (nSPS) is 12.7. The maximum absolute atomic E-state index is 12.5. The summed E-state index contributed by atoms with van der Waals surface area (Å²) in [7, 11) is 0. The van der Waals surface area contributed by atoms with Crippen molar-refractivity contribution in [3.05, 3.63) is 36.5 Å². The molecule has 6 nitrogen and oxygen atoms in total. The number of esters is 1. The molecule has 2 atom stereocenters. The molecule has 6 heteroatoms. The summed E-state index contributed by atoms with van der Waals surface area (Å²) in [6, 6.07) is -0.553. The van der Waals surface area contributed by atoms with Crippen molar-refractivity contribution in [2.45, 2.75) is 386 Å². The highest BCUT2D eigenvalue weighted by molar-refractivity contribution is 5.76. The third-order valence-corrected chi connectivity index (χ3v) is 15.9. The molecule has 0 aliphatic heterocycles. The smallest absolute Gasteiger partial charge is 0.305 e. The topological polar surface area (TPSA) is 95.9 Å². The Kier molecular flexibility index (Phi) is 63.9. The molecule has 0 radical (unpaired) electrons. The van der Waals surface area contributed by atoms with Gasteiger partial charge in [0.2, 0.25) is 5.91 Å². The lowest BCUT2D eigenvalue weighted by atomic mass is 10.0. The summed E-state index contributed by atoms with van der Waals surface area (Å²) in [5.41, 5.74) is 0. The van der Waals surface area contributed by atoms with Crippen LogP contribution in [0.4, 0.5) is 0 Å². The molecule has 448 valence electrons. The number of carbonyl (C=O) groups excluding carboxylic acids is 2. The maximum Gasteiger partial charge on any atom is 0.305 e. The highest BCUT2D eigenvalue weighted by atomic mass is 16.5. The molecular weight excluding hydrogens is 935 g/mol. The average Bonchev–Trinajstić information content (AvgIpc) is 3.42. The Balaban J connectivity index is 3.45. The van der Waals surface area contributed by atoms with Crippen LogP contribution in [-0.4, -0.2) is 47.4 Å². The fourth-order valence-corrected chi connectivity index (χ4v) is 10.7. The van der Waals surface area contributed by atoms with Crippen molar-refractivity contribution in [1.29, 1.82) is 0 Å². The number of amides is 1. The van der Waals surface area contributed by atoms with Crippen LogP contribution in [0.1, 0.15) is 373 Å². The van der Waals surface area contributed by atoms with Crippen molar-refractivity contribution in [1.82, 2.24) is 5.32 Å². The van der Waals surface area contributed by atoms with Gasteiger partial charge in [-0.3, -0.25) is 9.59 Å². The van der Waals surface area contributed by atoms with Crippen molar-refractivity contribution >= 4 is 11.9 Å². The molecule has 0 spiro atoms. The summed E-state index contributed by atoms with van der Waals surface area (Å²) in [5, 5.41) is 23.4. The minimum atomic E-state index is -0.675. The number of nitrogens with one attached hydrogen (secondary N) is 1. The molecule has 1 amide bonds. The van der Waals surface area contributed by atoms with Crippen LogP contribution in [0.3, 0.4) is 0 Å². The Morgan fingerprint density at radius 3 is 1.03 bits per heavy atom. The highest BCUT2D eigenvalue weighted by Gasteiger charge is 2.20. The zero-order chi connectivity index (χ0) is 55.0. The summed E-state index contributed by atoms with van der Waals surface area (Å²) in [4.78, 5) is 24.6. The van der Waals surface area contributed by atoms with Crippen LogP contribution >= 0.6 is 0 Å². The van der Waals surface area contributed by atoms with Crippen molar-refractivity contribution in [2.75, 3.05) is 13.2 Å². The molecule has 0 fully saturated rings. The van der Waals surface area contributed by atoms with Crippen LogP contribution in [0.5, 0.6) is 0 Å². The lowest BCUT2D eigenvalue weighted by Gasteiger charge is -2.22. The van der Waals surface area contributed by atoms with Gasteiger partial charge in [-0.05, 0) is 83.5 Å². The second-order valence-electron chi connectivity index (χ2n) is 23.5. The molecule has 0 saturated heterocycles. The van der Waals surface area contributed by atoms with E-state index in [1.54, 1.807) is 0 Å². The van der Waals surface area contributed by atoms with E-state index in [1.165, 1.54) is 276 Å². The Bertz CT molecular complexity index is 1230. The molecule has 0 aliphatic carbocycles. The van der Waals surface area contributed by atoms with Crippen molar-refractivity contribution in [2.24, 2.45) is 0 Å². The zero-order valence-corrected chi connectivity index (χ0v) is 51.3. The quantitative estimate of drug-likeness (QED) is 0.0320. The molecule has 0 rings (SSSR count). The molecule has 0 saturated carbocycles. The van der Waals surface area contributed by atoms with Gasteiger partial charge in [0.05, 0.1) is 25.4 Å². The number of unbranched alkanes of at least 4 members (excludes halogenated alkanes) is 47. The van der Waals surface area contributed by atoms with Crippen LogP contribution in [0.2, 0.25) is 0 Å². The van der Waals surface area contributed by atoms with Gasteiger partial charge < -0.3 is 20.3 Å². The van der Waals surface area contributed by atoms with E-state index in [0.29, 0.717) is 25.9 Å². The van der Waals surface area contributed by atoms with Crippen LogP contribution in [0.15, 0.2) is 36.5 Å². The standard InChI is InChI=1S/C70H133NO5/c1-3-5-7-9-11-13-15-17-19-21-23-24-25-26-27-28-30-34-38-42-46-50-54-58-62-68(73)67(66-72)71-69(74)63-59-55-51-47-43-39-35-31-29-33-37-41-45-49-53-57-61-65-76-70(75)64-60-56-52-48-44-40-36-32-22-20-18-16-14-12-10-8-6-4-2/h14,16,20,22,29,33,67-68,72-73H,3-13,15,17-19,21,23-28,30-32,34-66H2,1-2H3,(H,71,74)/b16-14-,22-20-,33-29-. The van der Waals surface area contributed by atoms with Gasteiger partial charge in [-0.1, -0.05) is 314 Å². The summed E-state index contributed by atoms with van der Waals surface area (Å²) in [6.45, 7) is 4.94. The van der Waals surface area contributed by atoms with E-state index >= 15 is 0 Å². The Hall–Kier alpha value is -1.92. The first-order chi connectivity index (χ1) is 37.5. The van der Waals surface area contributed by atoms with E-state index in [2.05, 4.69) is 55.6 Å². The first-order valence-electron chi connectivity index (χ1n) is 34.2. The lowest BCUT2D eigenvalue weighted by Crippen LogP contribution is -2.45. The number of hydrogen-bond donors (Lipinski definition) is 3. The number of ether oxygens (including phenoxy) is 1. The van der Waals surface area contributed by atoms with E-state index in [0.717, 1.165) is 64.2 Å². The van der Waals surface area contributed by atoms with Crippen molar-refractivity contribution in [3.8, 4) is 0 Å². The minimum Gasteiger partial charge on any atom is -0.466 e. The average molecular weight is 1070 g/mol. The van der Waals surface area contributed by atoms with E-state index in [-0.39, 0.29) is 18.5 Å². The van der Waals surface area contributed by atoms with Gasteiger partial charge >= 0.3 is 5.97 Å². The number of allylic oxidation sites excluding steroid dienone is 6. The first-order valence-corrected chi connectivity index (χ1v) is 34.2. The Morgan fingerprint density at radius 2 is 0.658 bits per heavy atom. The summed E-state index contributed by atoms with van der Waals surface area (Å²) < 4.78 is 5.49. The monoisotopic (exact) mass is 1070 g/mol. The highest BCUT2D eigenvalue weighted by Crippen LogP contribution is 2.18. The summed E-state index contributed by atoms with van der Waals surface area (Å²) in [5.74, 6) is -0.0518. The number of aliphatic hydroxyl groups is 2. The molecule has 0 bridgehead atoms. The van der Waals surface area contributed by atoms with Crippen molar-refractivity contribution in [3.63, 3.8) is 0 Å². The number of rotatable bonds is 64. The van der Waals surface area contributed by atoms with Gasteiger partial charge in [0.15, 0.2) is 0 Å². The third kappa shape index (κ3) is 61.3. The predicted octanol–water partition coefficient (Wildman–Crippen LogP) is 21.9. The largest absolute Gasteiger partial charge is 0.466 e. The molecule has 0 aromatic carbocycles. The van der Waals surface area contributed by atoms with Gasteiger partial charge in [0.25, 0.3) is 0 Å². The van der Waals surface area contributed by atoms with Gasteiger partial charge in [-0.25, -0.2) is 0 Å². The van der Waals surface area contributed by atoms with Crippen LogP contribution in [-0.2, 0) is 14.3 Å². The Morgan fingerprint density at radius 1 is 0.368 bits per heavy atom. The fraction of sp³-hybridized carbons (Fsp3) is 0.886. The molecule has 0 aromatic heterocycles. The number of carbonyl (C=O) groups is 2. The van der Waals surface area contributed by atoms with E-state index in [1.807, 2.05) is 0 Å².